The second kappa shape index (κ2) is 4.56. The van der Waals surface area contributed by atoms with Crippen LogP contribution in [-0.4, -0.2) is 4.98 Å². The van der Waals surface area contributed by atoms with Crippen LogP contribution in [-0.2, 0) is 0 Å². The van der Waals surface area contributed by atoms with Gasteiger partial charge in [-0.05, 0) is 27.6 Å². The second-order valence-corrected chi connectivity index (χ2v) is 3.62. The van der Waals surface area contributed by atoms with Gasteiger partial charge in [0.15, 0.2) is 0 Å². The average molecular weight is 261 g/mol. The lowest BCUT2D eigenvalue weighted by molar-refractivity contribution is 0.742. The van der Waals surface area contributed by atoms with Gasteiger partial charge in [-0.1, -0.05) is 11.6 Å². The van der Waals surface area contributed by atoms with Crippen molar-refractivity contribution in [1.82, 2.24) is 4.98 Å². The maximum atomic E-state index is 8.46. The SMILES string of the molecule is N#CCC(N)c1ccnc(Cl)c1Br. The quantitative estimate of drug-likeness (QED) is 0.831. The number of rotatable bonds is 2. The normalized spacial score (nSPS) is 12.2. The van der Waals surface area contributed by atoms with E-state index in [-0.39, 0.29) is 12.5 Å². The first-order chi connectivity index (χ1) is 6.16. The molecule has 1 aromatic rings. The first-order valence-electron chi connectivity index (χ1n) is 3.59. The number of pyridine rings is 1. The fourth-order valence-electron chi connectivity index (χ4n) is 0.927. The number of nitrogens with two attached hydrogens (primary N) is 1. The third-order valence-electron chi connectivity index (χ3n) is 1.59. The molecule has 0 aromatic carbocycles. The van der Waals surface area contributed by atoms with Crippen LogP contribution in [0.5, 0.6) is 0 Å². The fraction of sp³-hybridized carbons (Fsp3) is 0.250. The summed E-state index contributed by atoms with van der Waals surface area (Å²) in [5.41, 5.74) is 6.54. The van der Waals surface area contributed by atoms with Gasteiger partial charge in [-0.25, -0.2) is 4.98 Å². The molecule has 0 bridgehead atoms. The van der Waals surface area contributed by atoms with Crippen molar-refractivity contribution in [2.24, 2.45) is 5.73 Å². The summed E-state index contributed by atoms with van der Waals surface area (Å²) in [6.07, 6.45) is 1.83. The minimum Gasteiger partial charge on any atom is -0.323 e. The first kappa shape index (κ1) is 10.5. The fourth-order valence-corrected chi connectivity index (χ4v) is 1.62. The average Bonchev–Trinajstić information content (AvgIpc) is 2.10. The van der Waals surface area contributed by atoms with E-state index in [9.17, 15) is 0 Å². The highest BCUT2D eigenvalue weighted by atomic mass is 79.9. The molecule has 5 heteroatoms. The Balaban J connectivity index is 3.02. The highest BCUT2D eigenvalue weighted by Gasteiger charge is 2.11. The molecule has 1 aromatic heterocycles. The zero-order valence-electron chi connectivity index (χ0n) is 6.67. The molecule has 1 atom stereocenters. The maximum Gasteiger partial charge on any atom is 0.143 e. The minimum atomic E-state index is -0.320. The van der Waals surface area contributed by atoms with E-state index in [1.54, 1.807) is 12.3 Å². The molecule has 0 saturated heterocycles. The van der Waals surface area contributed by atoms with Crippen molar-refractivity contribution in [3.63, 3.8) is 0 Å². The molecule has 1 rings (SSSR count). The van der Waals surface area contributed by atoms with Gasteiger partial charge in [0.05, 0.1) is 17.0 Å². The second-order valence-electron chi connectivity index (χ2n) is 2.47. The predicted molar refractivity (Wildman–Crippen MR) is 54.1 cm³/mol. The van der Waals surface area contributed by atoms with Gasteiger partial charge in [0.25, 0.3) is 0 Å². The summed E-state index contributed by atoms with van der Waals surface area (Å²) in [4.78, 5) is 3.86. The Hall–Kier alpha value is -0.630. The molecule has 68 valence electrons. The van der Waals surface area contributed by atoms with E-state index in [4.69, 9.17) is 22.6 Å². The van der Waals surface area contributed by atoms with E-state index in [1.807, 2.05) is 6.07 Å². The van der Waals surface area contributed by atoms with Crippen LogP contribution < -0.4 is 5.73 Å². The summed E-state index contributed by atoms with van der Waals surface area (Å²) in [5.74, 6) is 0. The van der Waals surface area contributed by atoms with Crippen molar-refractivity contribution in [3.05, 3.63) is 27.5 Å². The standard InChI is InChI=1S/C8H7BrClN3/c9-7-5(6(12)1-3-11)2-4-13-8(7)10/h2,4,6H,1,12H2. The highest BCUT2D eigenvalue weighted by Crippen LogP contribution is 2.28. The zero-order chi connectivity index (χ0) is 9.84. The number of hydrogen-bond donors (Lipinski definition) is 1. The van der Waals surface area contributed by atoms with Crippen LogP contribution in [0.2, 0.25) is 5.15 Å². The maximum absolute atomic E-state index is 8.46. The molecule has 1 unspecified atom stereocenters. The molecule has 2 N–H and O–H groups in total. The van der Waals surface area contributed by atoms with Gasteiger partial charge in [0, 0.05) is 12.2 Å². The molecule has 1 heterocycles. The summed E-state index contributed by atoms with van der Waals surface area (Å²) >= 11 is 9.03. The summed E-state index contributed by atoms with van der Waals surface area (Å²) in [5, 5.41) is 8.83. The molecule has 0 saturated carbocycles. The summed E-state index contributed by atoms with van der Waals surface area (Å²) in [6.45, 7) is 0. The Morgan fingerprint density at radius 3 is 3.08 bits per heavy atom. The Labute approximate surface area is 89.6 Å². The Morgan fingerprint density at radius 2 is 2.46 bits per heavy atom. The molecule has 0 aliphatic carbocycles. The number of nitrogens with zero attached hydrogens (tertiary/aromatic N) is 2. The third-order valence-corrected chi connectivity index (χ3v) is 2.94. The van der Waals surface area contributed by atoms with Crippen LogP contribution in [0.25, 0.3) is 0 Å². The lowest BCUT2D eigenvalue weighted by atomic mass is 10.1. The van der Waals surface area contributed by atoms with Crippen molar-refractivity contribution in [3.8, 4) is 6.07 Å². The number of halogens is 2. The van der Waals surface area contributed by atoms with E-state index in [0.29, 0.717) is 9.63 Å². The number of hydrogen-bond acceptors (Lipinski definition) is 3. The van der Waals surface area contributed by atoms with Gasteiger partial charge >= 0.3 is 0 Å². The molecule has 0 radical (unpaired) electrons. The van der Waals surface area contributed by atoms with Gasteiger partial charge in [0.1, 0.15) is 5.15 Å². The molecule has 0 fully saturated rings. The first-order valence-corrected chi connectivity index (χ1v) is 4.76. The van der Waals surface area contributed by atoms with Crippen LogP contribution in [0.4, 0.5) is 0 Å². The Morgan fingerprint density at radius 1 is 1.77 bits per heavy atom. The number of aromatic nitrogens is 1. The van der Waals surface area contributed by atoms with Crippen molar-refractivity contribution in [1.29, 1.82) is 5.26 Å². The molecular weight excluding hydrogens is 253 g/mol. The Bertz CT molecular complexity index is 348. The predicted octanol–water partition coefficient (Wildman–Crippen LogP) is 2.41. The highest BCUT2D eigenvalue weighted by molar-refractivity contribution is 9.10. The molecule has 0 aliphatic rings. The molecule has 3 nitrogen and oxygen atoms in total. The van der Waals surface area contributed by atoms with E-state index < -0.39 is 0 Å². The van der Waals surface area contributed by atoms with Crippen LogP contribution in [0.15, 0.2) is 16.7 Å². The van der Waals surface area contributed by atoms with Crippen LogP contribution >= 0.6 is 27.5 Å². The summed E-state index contributed by atoms with van der Waals surface area (Å²) < 4.78 is 0.666. The molecule has 0 aliphatic heterocycles. The molecular formula is C8H7BrClN3. The third kappa shape index (κ3) is 2.41. The smallest absolute Gasteiger partial charge is 0.143 e. The van der Waals surface area contributed by atoms with Crippen molar-refractivity contribution in [2.75, 3.05) is 0 Å². The zero-order valence-corrected chi connectivity index (χ0v) is 9.01. The van der Waals surface area contributed by atoms with E-state index in [1.165, 1.54) is 0 Å². The lowest BCUT2D eigenvalue weighted by Gasteiger charge is -2.10. The molecule has 0 amide bonds. The number of nitriles is 1. The van der Waals surface area contributed by atoms with Gasteiger partial charge in [0.2, 0.25) is 0 Å². The largest absolute Gasteiger partial charge is 0.323 e. The summed E-state index contributed by atoms with van der Waals surface area (Å²) in [6, 6.07) is 3.43. The monoisotopic (exact) mass is 259 g/mol. The topological polar surface area (TPSA) is 62.7 Å². The minimum absolute atomic E-state index is 0.263. The van der Waals surface area contributed by atoms with Gasteiger partial charge in [-0.3, -0.25) is 0 Å². The van der Waals surface area contributed by atoms with Crippen molar-refractivity contribution < 1.29 is 0 Å². The van der Waals surface area contributed by atoms with E-state index in [0.717, 1.165) is 5.56 Å². The Kier molecular flexibility index (Phi) is 3.67. The van der Waals surface area contributed by atoms with Gasteiger partial charge < -0.3 is 5.73 Å². The van der Waals surface area contributed by atoms with Gasteiger partial charge in [-0.15, -0.1) is 0 Å². The molecule has 0 spiro atoms. The van der Waals surface area contributed by atoms with E-state index >= 15 is 0 Å². The van der Waals surface area contributed by atoms with Crippen LogP contribution in [0.3, 0.4) is 0 Å². The van der Waals surface area contributed by atoms with Crippen molar-refractivity contribution in [2.45, 2.75) is 12.5 Å². The molecule has 13 heavy (non-hydrogen) atoms. The van der Waals surface area contributed by atoms with Crippen LogP contribution in [0, 0.1) is 11.3 Å². The van der Waals surface area contributed by atoms with Gasteiger partial charge in [-0.2, -0.15) is 5.26 Å². The summed E-state index contributed by atoms with van der Waals surface area (Å²) in [7, 11) is 0. The van der Waals surface area contributed by atoms with Crippen molar-refractivity contribution >= 4 is 27.5 Å². The van der Waals surface area contributed by atoms with E-state index in [2.05, 4.69) is 20.9 Å². The van der Waals surface area contributed by atoms with Crippen LogP contribution in [0.1, 0.15) is 18.0 Å². The lowest BCUT2D eigenvalue weighted by Crippen LogP contribution is -2.10.